The minimum Gasteiger partial charge on any atom is -0.357 e. The standard InChI is InChI=1S/C21H30N4O.HI/c1-2-22-21(24-13-18(14-7-8-14)15-9-10-15)23-12-16-11-20(26)25-19-6-4-3-5-17(16)19;/h3-6,14-16,18H,2,7-13H2,1H3,(H,25,26)(H2,22,23,24);1H. The molecule has 3 N–H and O–H groups in total. The van der Waals surface area contributed by atoms with Crippen LogP contribution >= 0.6 is 24.0 Å². The fourth-order valence-corrected chi connectivity index (χ4v) is 4.17. The van der Waals surface area contributed by atoms with Crippen molar-refractivity contribution in [2.75, 3.05) is 25.0 Å². The molecule has 0 spiro atoms. The summed E-state index contributed by atoms with van der Waals surface area (Å²) in [5, 5.41) is 9.82. The minimum atomic E-state index is 0. The third-order valence-corrected chi connectivity index (χ3v) is 5.88. The van der Waals surface area contributed by atoms with Gasteiger partial charge in [0.25, 0.3) is 0 Å². The quantitative estimate of drug-likeness (QED) is 0.315. The van der Waals surface area contributed by atoms with Crippen LogP contribution in [0, 0.1) is 17.8 Å². The molecule has 0 aromatic heterocycles. The number of anilines is 1. The first-order valence-electron chi connectivity index (χ1n) is 10.2. The van der Waals surface area contributed by atoms with Crippen molar-refractivity contribution in [1.82, 2.24) is 10.6 Å². The molecule has 0 radical (unpaired) electrons. The molecule has 27 heavy (non-hydrogen) atoms. The predicted octanol–water partition coefficient (Wildman–Crippen LogP) is 3.72. The second-order valence-corrected chi connectivity index (χ2v) is 7.98. The van der Waals surface area contributed by atoms with Crippen molar-refractivity contribution in [1.29, 1.82) is 0 Å². The smallest absolute Gasteiger partial charge is 0.225 e. The van der Waals surface area contributed by atoms with E-state index in [1.807, 2.05) is 18.2 Å². The van der Waals surface area contributed by atoms with Crippen LogP contribution in [0.15, 0.2) is 29.3 Å². The van der Waals surface area contributed by atoms with Crippen LogP contribution in [0.1, 0.15) is 50.5 Å². The Morgan fingerprint density at radius 3 is 2.56 bits per heavy atom. The zero-order valence-electron chi connectivity index (χ0n) is 16.0. The molecule has 2 aliphatic carbocycles. The molecule has 3 aliphatic rings. The molecule has 5 nitrogen and oxygen atoms in total. The number of carbonyl (C=O) groups excluding carboxylic acids is 1. The predicted molar refractivity (Wildman–Crippen MR) is 121 cm³/mol. The van der Waals surface area contributed by atoms with Gasteiger partial charge in [0, 0.05) is 37.7 Å². The van der Waals surface area contributed by atoms with E-state index in [4.69, 9.17) is 4.99 Å². The van der Waals surface area contributed by atoms with E-state index in [0.717, 1.165) is 49.0 Å². The summed E-state index contributed by atoms with van der Waals surface area (Å²) in [7, 11) is 0. The van der Waals surface area contributed by atoms with Crippen LogP contribution in [0.4, 0.5) is 5.69 Å². The van der Waals surface area contributed by atoms with Gasteiger partial charge in [-0.3, -0.25) is 9.79 Å². The number of nitrogens with zero attached hydrogens (tertiary/aromatic N) is 1. The number of halogens is 1. The molecule has 1 aliphatic heterocycles. The number of guanidine groups is 1. The molecule has 148 valence electrons. The van der Waals surface area contributed by atoms with E-state index in [1.54, 1.807) is 0 Å². The summed E-state index contributed by atoms with van der Waals surface area (Å²) in [4.78, 5) is 16.9. The summed E-state index contributed by atoms with van der Waals surface area (Å²) in [6.45, 7) is 4.62. The average Bonchev–Trinajstić information content (AvgIpc) is 3.53. The maximum atomic E-state index is 12.0. The van der Waals surface area contributed by atoms with Gasteiger partial charge in [0.2, 0.25) is 5.91 Å². The maximum Gasteiger partial charge on any atom is 0.225 e. The number of amides is 1. The van der Waals surface area contributed by atoms with Gasteiger partial charge in [0.15, 0.2) is 5.96 Å². The molecular weight excluding hydrogens is 451 g/mol. The van der Waals surface area contributed by atoms with Gasteiger partial charge in [0.1, 0.15) is 0 Å². The lowest BCUT2D eigenvalue weighted by Gasteiger charge is -2.26. The zero-order chi connectivity index (χ0) is 17.9. The number of aliphatic imine (C=N–C) groups is 1. The largest absolute Gasteiger partial charge is 0.357 e. The third-order valence-electron chi connectivity index (χ3n) is 5.88. The second kappa shape index (κ2) is 9.26. The van der Waals surface area contributed by atoms with Crippen molar-refractivity contribution in [3.8, 4) is 0 Å². The molecule has 1 aromatic carbocycles. The number of fused-ring (bicyclic) bond motifs is 1. The highest BCUT2D eigenvalue weighted by Crippen LogP contribution is 2.49. The van der Waals surface area contributed by atoms with Gasteiger partial charge in [0.05, 0.1) is 0 Å². The van der Waals surface area contributed by atoms with Crippen molar-refractivity contribution >= 4 is 41.5 Å². The Hall–Kier alpha value is -1.31. The molecule has 1 aromatic rings. The van der Waals surface area contributed by atoms with Gasteiger partial charge in [-0.25, -0.2) is 0 Å². The first-order valence-corrected chi connectivity index (χ1v) is 10.2. The highest BCUT2D eigenvalue weighted by molar-refractivity contribution is 14.0. The first kappa shape index (κ1) is 20.4. The van der Waals surface area contributed by atoms with Gasteiger partial charge in [-0.1, -0.05) is 18.2 Å². The molecule has 0 saturated heterocycles. The van der Waals surface area contributed by atoms with E-state index in [9.17, 15) is 4.79 Å². The Labute approximate surface area is 179 Å². The van der Waals surface area contributed by atoms with Gasteiger partial charge >= 0.3 is 0 Å². The molecule has 1 heterocycles. The summed E-state index contributed by atoms with van der Waals surface area (Å²) in [5.41, 5.74) is 2.16. The van der Waals surface area contributed by atoms with Crippen LogP contribution in [0.25, 0.3) is 0 Å². The van der Waals surface area contributed by atoms with Crippen LogP contribution < -0.4 is 16.0 Å². The summed E-state index contributed by atoms with van der Waals surface area (Å²) < 4.78 is 0. The number of para-hydroxylation sites is 1. The molecule has 1 unspecified atom stereocenters. The maximum absolute atomic E-state index is 12.0. The fraction of sp³-hybridized carbons (Fsp3) is 0.619. The normalized spacial score (nSPS) is 21.9. The number of rotatable bonds is 7. The van der Waals surface area contributed by atoms with E-state index in [1.165, 1.54) is 31.2 Å². The van der Waals surface area contributed by atoms with Crippen LogP contribution in [0.2, 0.25) is 0 Å². The molecule has 2 fully saturated rings. The number of carbonyl (C=O) groups is 1. The number of hydrogen-bond acceptors (Lipinski definition) is 2. The van der Waals surface area contributed by atoms with Crippen molar-refractivity contribution < 1.29 is 4.79 Å². The Kier molecular flexibility index (Phi) is 7.00. The van der Waals surface area contributed by atoms with Crippen LogP contribution in [-0.4, -0.2) is 31.5 Å². The Morgan fingerprint density at radius 2 is 1.89 bits per heavy atom. The van der Waals surface area contributed by atoms with Gasteiger partial charge in [-0.15, -0.1) is 24.0 Å². The molecule has 1 amide bonds. The Balaban J connectivity index is 0.00000210. The lowest BCUT2D eigenvalue weighted by molar-refractivity contribution is -0.116. The lowest BCUT2D eigenvalue weighted by Crippen LogP contribution is -2.41. The third kappa shape index (κ3) is 5.36. The topological polar surface area (TPSA) is 65.5 Å². The molecule has 2 saturated carbocycles. The number of nitrogens with one attached hydrogen (secondary N) is 3. The molecule has 1 atom stereocenters. The first-order chi connectivity index (χ1) is 12.7. The van der Waals surface area contributed by atoms with E-state index in [0.29, 0.717) is 6.42 Å². The summed E-state index contributed by atoms with van der Waals surface area (Å²) in [6.07, 6.45) is 6.11. The van der Waals surface area contributed by atoms with Crippen molar-refractivity contribution in [3.05, 3.63) is 29.8 Å². The van der Waals surface area contributed by atoms with Gasteiger partial charge in [-0.2, -0.15) is 0 Å². The minimum absolute atomic E-state index is 0. The fourth-order valence-electron chi connectivity index (χ4n) is 4.17. The monoisotopic (exact) mass is 482 g/mol. The summed E-state index contributed by atoms with van der Waals surface area (Å²) in [5.74, 6) is 3.80. The number of hydrogen-bond donors (Lipinski definition) is 3. The second-order valence-electron chi connectivity index (χ2n) is 7.98. The highest BCUT2D eigenvalue weighted by atomic mass is 127. The Bertz CT molecular complexity index is 673. The van der Waals surface area contributed by atoms with Crippen molar-refractivity contribution in [2.45, 2.75) is 44.9 Å². The average molecular weight is 482 g/mol. The van der Waals surface area contributed by atoms with Crippen molar-refractivity contribution in [2.24, 2.45) is 22.7 Å². The Morgan fingerprint density at radius 1 is 1.19 bits per heavy atom. The van der Waals surface area contributed by atoms with Crippen LogP contribution in [0.5, 0.6) is 0 Å². The van der Waals surface area contributed by atoms with E-state index >= 15 is 0 Å². The van der Waals surface area contributed by atoms with Crippen molar-refractivity contribution in [3.63, 3.8) is 0 Å². The van der Waals surface area contributed by atoms with Crippen LogP contribution in [0.3, 0.4) is 0 Å². The SMILES string of the molecule is CCNC(=NCC(C1CC1)C1CC1)NCC1CC(=O)Nc2ccccc21.I. The molecule has 0 bridgehead atoms. The van der Waals surface area contributed by atoms with E-state index in [2.05, 4.69) is 28.9 Å². The highest BCUT2D eigenvalue weighted by Gasteiger charge is 2.41. The number of benzene rings is 1. The zero-order valence-corrected chi connectivity index (χ0v) is 18.4. The summed E-state index contributed by atoms with van der Waals surface area (Å²) in [6, 6.07) is 8.10. The van der Waals surface area contributed by atoms with Gasteiger partial charge < -0.3 is 16.0 Å². The van der Waals surface area contributed by atoms with E-state index < -0.39 is 0 Å². The molecule has 4 rings (SSSR count). The van der Waals surface area contributed by atoms with E-state index in [-0.39, 0.29) is 35.8 Å². The molecule has 6 heteroatoms. The lowest BCUT2D eigenvalue weighted by atomic mass is 9.90. The molecular formula is C21H31IN4O. The van der Waals surface area contributed by atoms with Gasteiger partial charge in [-0.05, 0) is 62.0 Å². The van der Waals surface area contributed by atoms with Crippen LogP contribution in [-0.2, 0) is 4.79 Å². The summed E-state index contributed by atoms with van der Waals surface area (Å²) >= 11 is 0.